The van der Waals surface area contributed by atoms with Gasteiger partial charge < -0.3 is 33.4 Å². The summed E-state index contributed by atoms with van der Waals surface area (Å²) in [6.45, 7) is 2.06. The van der Waals surface area contributed by atoms with E-state index in [1.165, 1.54) is 0 Å². The summed E-state index contributed by atoms with van der Waals surface area (Å²) >= 11 is 0. The van der Waals surface area contributed by atoms with Crippen LogP contribution in [0.15, 0.2) is 71.5 Å². The molecule has 0 unspecified atom stereocenters. The van der Waals surface area contributed by atoms with Crippen LogP contribution < -0.4 is 34.0 Å². The molecule has 0 amide bonds. The number of methoxy groups -OCH3 is 5. The van der Waals surface area contributed by atoms with Gasteiger partial charge in [-0.3, -0.25) is 4.79 Å². The molecule has 9 heteroatoms. The van der Waals surface area contributed by atoms with Crippen molar-refractivity contribution >= 4 is 10.9 Å². The van der Waals surface area contributed by atoms with E-state index in [0.717, 1.165) is 5.56 Å². The van der Waals surface area contributed by atoms with Gasteiger partial charge in [-0.2, -0.15) is 0 Å². The van der Waals surface area contributed by atoms with Gasteiger partial charge in [0, 0.05) is 17.2 Å². The monoisotopic (exact) mass is 568 g/mol. The summed E-state index contributed by atoms with van der Waals surface area (Å²) in [7, 11) is 7.83. The highest BCUT2D eigenvalue weighted by molar-refractivity contribution is 5.94. The maximum absolute atomic E-state index is 13.3. The molecule has 5 aromatic rings. The summed E-state index contributed by atoms with van der Waals surface area (Å²) in [5.74, 6) is 2.98. The Kier molecular flexibility index (Phi) is 8.19. The smallest absolute Gasteiger partial charge is 0.251 e. The van der Waals surface area contributed by atoms with E-state index >= 15 is 0 Å². The number of rotatable bonds is 10. The van der Waals surface area contributed by atoms with Crippen LogP contribution in [0, 0.1) is 6.92 Å². The molecule has 5 rings (SSSR count). The third kappa shape index (κ3) is 5.16. The largest absolute Gasteiger partial charge is 0.494 e. The minimum absolute atomic E-state index is 0.257. The molecule has 1 N–H and O–H groups in total. The molecule has 9 nitrogen and oxygen atoms in total. The van der Waals surface area contributed by atoms with Crippen molar-refractivity contribution in [2.75, 3.05) is 35.5 Å². The quantitative estimate of drug-likeness (QED) is 0.213. The summed E-state index contributed by atoms with van der Waals surface area (Å²) in [6, 6.07) is 20.8. The average molecular weight is 569 g/mol. The van der Waals surface area contributed by atoms with Gasteiger partial charge in [-0.1, -0.05) is 30.3 Å². The van der Waals surface area contributed by atoms with E-state index in [1.807, 2.05) is 54.6 Å². The van der Waals surface area contributed by atoms with Gasteiger partial charge in [0.2, 0.25) is 5.75 Å². The van der Waals surface area contributed by atoms with Crippen molar-refractivity contribution in [1.29, 1.82) is 0 Å². The second-order valence-corrected chi connectivity index (χ2v) is 9.41. The van der Waals surface area contributed by atoms with Crippen molar-refractivity contribution in [3.8, 4) is 57.0 Å². The van der Waals surface area contributed by atoms with Crippen LogP contribution >= 0.6 is 0 Å². The Morgan fingerprint density at radius 2 is 1.40 bits per heavy atom. The maximum Gasteiger partial charge on any atom is 0.251 e. The summed E-state index contributed by atoms with van der Waals surface area (Å²) < 4.78 is 34.3. The molecule has 2 heterocycles. The van der Waals surface area contributed by atoms with Crippen LogP contribution in [0.4, 0.5) is 0 Å². The first kappa shape index (κ1) is 28.4. The van der Waals surface area contributed by atoms with Crippen molar-refractivity contribution < 1.29 is 28.4 Å². The fraction of sp³-hybridized carbons (Fsp3) is 0.212. The van der Waals surface area contributed by atoms with E-state index in [-0.39, 0.29) is 5.56 Å². The van der Waals surface area contributed by atoms with Gasteiger partial charge in [-0.25, -0.2) is 4.98 Å². The zero-order valence-electron chi connectivity index (χ0n) is 24.4. The Balaban J connectivity index is 1.68. The average Bonchev–Trinajstić information content (AvgIpc) is 3.03. The lowest BCUT2D eigenvalue weighted by atomic mass is 9.98. The van der Waals surface area contributed by atoms with Crippen LogP contribution in [0.5, 0.6) is 34.5 Å². The summed E-state index contributed by atoms with van der Waals surface area (Å²) in [6.07, 6.45) is 0. The number of benzene rings is 3. The molecule has 42 heavy (non-hydrogen) atoms. The summed E-state index contributed by atoms with van der Waals surface area (Å²) in [5, 5.41) is 0.712. The molecule has 0 aliphatic rings. The zero-order valence-corrected chi connectivity index (χ0v) is 24.4. The van der Waals surface area contributed by atoms with Crippen LogP contribution in [-0.4, -0.2) is 45.5 Å². The van der Waals surface area contributed by atoms with Gasteiger partial charge in [0.15, 0.2) is 23.0 Å². The predicted octanol–water partition coefficient (Wildman–Crippen LogP) is 6.19. The molecule has 0 fully saturated rings. The first-order valence-electron chi connectivity index (χ1n) is 13.2. The van der Waals surface area contributed by atoms with Gasteiger partial charge >= 0.3 is 0 Å². The SMILES string of the molecule is COc1ccc(-c2cc(-c3ccc4c(OC)c(OC)cc(OC)c4n3)[nH]c(=O)c2C)c(OCc2ccccc2)c1OC. The number of pyridine rings is 2. The van der Waals surface area contributed by atoms with Crippen molar-refractivity contribution in [3.63, 3.8) is 0 Å². The molecule has 0 aliphatic heterocycles. The Morgan fingerprint density at radius 1 is 0.690 bits per heavy atom. The van der Waals surface area contributed by atoms with E-state index in [0.29, 0.717) is 80.1 Å². The molecular formula is C33H32N2O7. The number of hydrogen-bond acceptors (Lipinski definition) is 8. The highest BCUT2D eigenvalue weighted by atomic mass is 16.5. The lowest BCUT2D eigenvalue weighted by Gasteiger charge is -2.19. The van der Waals surface area contributed by atoms with E-state index < -0.39 is 0 Å². The lowest BCUT2D eigenvalue weighted by Crippen LogP contribution is -2.13. The molecule has 0 saturated heterocycles. The number of nitrogens with one attached hydrogen (secondary N) is 1. The fourth-order valence-electron chi connectivity index (χ4n) is 4.91. The second-order valence-electron chi connectivity index (χ2n) is 9.41. The van der Waals surface area contributed by atoms with Crippen LogP contribution in [0.2, 0.25) is 0 Å². The van der Waals surface area contributed by atoms with Crippen molar-refractivity contribution in [2.45, 2.75) is 13.5 Å². The zero-order chi connectivity index (χ0) is 29.8. The van der Waals surface area contributed by atoms with Crippen molar-refractivity contribution in [3.05, 3.63) is 88.2 Å². The molecule has 3 aromatic carbocycles. The van der Waals surface area contributed by atoms with Gasteiger partial charge in [0.05, 0.1) is 52.3 Å². The molecule has 216 valence electrons. The standard InChI is InChI=1S/C33H32N2O7/c1-19-23(21-13-15-26(37-2)32(41-6)31(21)42-18-20-10-8-7-9-11-20)16-25(35-33(19)36)24-14-12-22-29(34-24)27(38-3)17-28(39-4)30(22)40-5/h7-17H,18H2,1-6H3,(H,35,36). The molecule has 2 aromatic heterocycles. The lowest BCUT2D eigenvalue weighted by molar-refractivity contribution is 0.276. The molecule has 0 spiro atoms. The number of nitrogens with zero attached hydrogens (tertiary/aromatic N) is 1. The van der Waals surface area contributed by atoms with Crippen LogP contribution in [0.1, 0.15) is 11.1 Å². The van der Waals surface area contributed by atoms with Gasteiger partial charge in [-0.15, -0.1) is 0 Å². The Bertz CT molecular complexity index is 1800. The highest BCUT2D eigenvalue weighted by Gasteiger charge is 2.22. The van der Waals surface area contributed by atoms with Crippen molar-refractivity contribution in [1.82, 2.24) is 9.97 Å². The van der Waals surface area contributed by atoms with Gasteiger partial charge in [0.25, 0.3) is 5.56 Å². The van der Waals surface area contributed by atoms with Crippen LogP contribution in [-0.2, 0) is 6.61 Å². The number of H-pyrrole nitrogens is 1. The predicted molar refractivity (Wildman–Crippen MR) is 162 cm³/mol. The van der Waals surface area contributed by atoms with E-state index in [2.05, 4.69) is 4.98 Å². The minimum Gasteiger partial charge on any atom is -0.494 e. The molecule has 0 radical (unpaired) electrons. The number of aromatic amines is 1. The second kappa shape index (κ2) is 12.1. The molecule has 0 bridgehead atoms. The van der Waals surface area contributed by atoms with Crippen LogP contribution in [0.3, 0.4) is 0 Å². The van der Waals surface area contributed by atoms with Crippen LogP contribution in [0.25, 0.3) is 33.4 Å². The molecule has 0 atom stereocenters. The topological polar surface area (TPSA) is 101 Å². The Morgan fingerprint density at radius 3 is 2.07 bits per heavy atom. The fourth-order valence-corrected chi connectivity index (χ4v) is 4.91. The normalized spacial score (nSPS) is 10.8. The number of ether oxygens (including phenoxy) is 6. The van der Waals surface area contributed by atoms with E-state index in [4.69, 9.17) is 33.4 Å². The first-order valence-corrected chi connectivity index (χ1v) is 13.2. The summed E-state index contributed by atoms with van der Waals surface area (Å²) in [5.41, 5.74) is 4.21. The summed E-state index contributed by atoms with van der Waals surface area (Å²) in [4.78, 5) is 21.1. The molecule has 0 saturated carbocycles. The van der Waals surface area contributed by atoms with E-state index in [1.54, 1.807) is 54.6 Å². The third-order valence-electron chi connectivity index (χ3n) is 7.08. The van der Waals surface area contributed by atoms with Crippen molar-refractivity contribution in [2.24, 2.45) is 0 Å². The Labute approximate surface area is 243 Å². The van der Waals surface area contributed by atoms with E-state index in [9.17, 15) is 4.79 Å². The molecular weight excluding hydrogens is 536 g/mol. The number of hydrogen-bond donors (Lipinski definition) is 1. The number of fused-ring (bicyclic) bond motifs is 1. The molecule has 0 aliphatic carbocycles. The third-order valence-corrected chi connectivity index (χ3v) is 7.08. The number of aromatic nitrogens is 2. The first-order chi connectivity index (χ1) is 20.4. The highest BCUT2D eigenvalue weighted by Crippen LogP contribution is 2.46. The minimum atomic E-state index is -0.257. The Hall–Kier alpha value is -5.18. The van der Waals surface area contributed by atoms with Gasteiger partial charge in [0.1, 0.15) is 17.9 Å². The maximum atomic E-state index is 13.3. The van der Waals surface area contributed by atoms with Gasteiger partial charge in [-0.05, 0) is 48.4 Å².